The van der Waals surface area contributed by atoms with Crippen molar-refractivity contribution >= 4 is 27.0 Å². The number of rotatable bonds is 5. The van der Waals surface area contributed by atoms with Gasteiger partial charge < -0.3 is 10.3 Å². The number of benzene rings is 1. The summed E-state index contributed by atoms with van der Waals surface area (Å²) in [6.45, 7) is 0. The van der Waals surface area contributed by atoms with Gasteiger partial charge in [0.1, 0.15) is 5.69 Å². The molecule has 3 rings (SSSR count). The minimum absolute atomic E-state index is 0.0348. The van der Waals surface area contributed by atoms with Gasteiger partial charge in [-0.2, -0.15) is 5.26 Å². The summed E-state index contributed by atoms with van der Waals surface area (Å²) in [6.07, 6.45) is 5.30. The highest BCUT2D eigenvalue weighted by Gasteiger charge is 2.28. The number of nitrogens with zero attached hydrogens (tertiary/aromatic N) is 1. The Morgan fingerprint density at radius 1 is 1.29 bits per heavy atom. The molecule has 1 aliphatic rings. The molecule has 0 spiro atoms. The van der Waals surface area contributed by atoms with Crippen molar-refractivity contribution in [2.75, 3.05) is 11.6 Å². The molecule has 1 aliphatic carbocycles. The van der Waals surface area contributed by atoms with Crippen molar-refractivity contribution in [3.8, 4) is 6.07 Å². The van der Waals surface area contributed by atoms with E-state index in [2.05, 4.69) is 21.4 Å². The van der Waals surface area contributed by atoms with Gasteiger partial charge in [-0.3, -0.25) is 10.5 Å². The second kappa shape index (κ2) is 7.86. The van der Waals surface area contributed by atoms with Crippen molar-refractivity contribution in [1.82, 2.24) is 4.98 Å². The van der Waals surface area contributed by atoms with Gasteiger partial charge in [0, 0.05) is 18.5 Å². The number of hydrogen-bond acceptors (Lipinski definition) is 5. The number of nitrogen functional groups attached to an aromatic ring is 1. The smallest absolute Gasteiger partial charge is 0.285 e. The summed E-state index contributed by atoms with van der Waals surface area (Å²) >= 11 is 0. The lowest BCUT2D eigenvalue weighted by Gasteiger charge is -2.18. The number of aromatic amines is 1. The van der Waals surface area contributed by atoms with Crippen LogP contribution in [0.2, 0.25) is 0 Å². The Morgan fingerprint density at radius 2 is 2.00 bits per heavy atom. The Hall–Kier alpha value is -3.12. The van der Waals surface area contributed by atoms with Gasteiger partial charge >= 0.3 is 0 Å². The number of aromatic nitrogens is 1. The SMILES string of the molecule is CS(=O)(=O)c1ccc([NH+]=C(N)c2c(NC3CCC[C@H]3C#N)cc[nH]c2=O)cc1. The first-order valence-electron chi connectivity index (χ1n) is 8.87. The third kappa shape index (κ3) is 4.23. The zero-order valence-corrected chi connectivity index (χ0v) is 16.2. The molecule has 1 aromatic heterocycles. The predicted octanol–water partition coefficient (Wildman–Crippen LogP) is 0.000180. The van der Waals surface area contributed by atoms with Crippen molar-refractivity contribution < 1.29 is 13.4 Å². The van der Waals surface area contributed by atoms with E-state index in [0.717, 1.165) is 25.5 Å². The molecule has 5 N–H and O–H groups in total. The summed E-state index contributed by atoms with van der Waals surface area (Å²) in [4.78, 5) is 18.1. The molecule has 28 heavy (non-hydrogen) atoms. The van der Waals surface area contributed by atoms with Crippen LogP contribution in [0.3, 0.4) is 0 Å². The van der Waals surface area contributed by atoms with Gasteiger partial charge in [0.2, 0.25) is 0 Å². The van der Waals surface area contributed by atoms with Crippen molar-refractivity contribution in [3.05, 3.63) is 52.4 Å². The Bertz CT molecular complexity index is 1100. The number of sulfone groups is 1. The Kier molecular flexibility index (Phi) is 5.51. The van der Waals surface area contributed by atoms with E-state index in [1.165, 1.54) is 18.3 Å². The lowest BCUT2D eigenvalue weighted by molar-refractivity contribution is -0.354. The average Bonchev–Trinajstić information content (AvgIpc) is 3.08. The fourth-order valence-corrected chi connectivity index (χ4v) is 3.99. The minimum Gasteiger partial charge on any atom is -0.380 e. The van der Waals surface area contributed by atoms with Crippen LogP contribution in [0.1, 0.15) is 24.8 Å². The molecule has 1 saturated carbocycles. The number of nitrogens with one attached hydrogen (secondary N) is 3. The molecule has 0 aliphatic heterocycles. The molecule has 2 atom stereocenters. The lowest BCUT2D eigenvalue weighted by atomic mass is 10.0. The van der Waals surface area contributed by atoms with Gasteiger partial charge in [-0.25, -0.2) is 13.4 Å². The highest BCUT2D eigenvalue weighted by atomic mass is 32.2. The van der Waals surface area contributed by atoms with Crippen LogP contribution in [0.15, 0.2) is 46.2 Å². The Labute approximate surface area is 163 Å². The van der Waals surface area contributed by atoms with Crippen LogP contribution in [0.4, 0.5) is 11.4 Å². The molecule has 9 heteroatoms. The van der Waals surface area contributed by atoms with Crippen LogP contribution in [-0.4, -0.2) is 31.5 Å². The number of amidine groups is 1. The molecule has 2 aromatic rings. The van der Waals surface area contributed by atoms with E-state index >= 15 is 0 Å². The number of pyridine rings is 1. The molecule has 1 fully saturated rings. The average molecular weight is 400 g/mol. The number of nitrogens with two attached hydrogens (primary N) is 1. The summed E-state index contributed by atoms with van der Waals surface area (Å²) in [5.41, 5.74) is 7.14. The maximum absolute atomic E-state index is 12.4. The second-order valence-corrected chi connectivity index (χ2v) is 8.86. The molecule has 0 bridgehead atoms. The topological polar surface area (TPSA) is 143 Å². The minimum atomic E-state index is -3.29. The van der Waals surface area contributed by atoms with Crippen LogP contribution in [0, 0.1) is 17.2 Å². The first kappa shape index (κ1) is 19.6. The van der Waals surface area contributed by atoms with Crippen LogP contribution in [-0.2, 0) is 9.84 Å². The summed E-state index contributed by atoms with van der Waals surface area (Å²) in [6, 6.07) is 10.1. The van der Waals surface area contributed by atoms with Gasteiger partial charge in [0.15, 0.2) is 15.4 Å². The first-order chi connectivity index (χ1) is 13.3. The molecule has 1 aromatic carbocycles. The number of anilines is 1. The lowest BCUT2D eigenvalue weighted by Crippen LogP contribution is -2.70. The van der Waals surface area contributed by atoms with Crippen molar-refractivity contribution in [2.45, 2.75) is 30.2 Å². The summed E-state index contributed by atoms with van der Waals surface area (Å²) in [5, 5.41) is 12.6. The van der Waals surface area contributed by atoms with Gasteiger partial charge in [0.05, 0.1) is 22.6 Å². The van der Waals surface area contributed by atoms with E-state index in [0.29, 0.717) is 11.4 Å². The van der Waals surface area contributed by atoms with Crippen LogP contribution in [0.25, 0.3) is 0 Å². The van der Waals surface area contributed by atoms with E-state index < -0.39 is 9.84 Å². The van der Waals surface area contributed by atoms with E-state index in [9.17, 15) is 18.5 Å². The summed E-state index contributed by atoms with van der Waals surface area (Å²) < 4.78 is 23.1. The van der Waals surface area contributed by atoms with E-state index in [4.69, 9.17) is 5.73 Å². The molecule has 8 nitrogen and oxygen atoms in total. The number of H-pyrrole nitrogens is 1. The maximum Gasteiger partial charge on any atom is 0.285 e. The van der Waals surface area contributed by atoms with Crippen molar-refractivity contribution in [3.63, 3.8) is 0 Å². The van der Waals surface area contributed by atoms with E-state index in [1.54, 1.807) is 18.2 Å². The maximum atomic E-state index is 12.4. The van der Waals surface area contributed by atoms with Gasteiger partial charge in [-0.05, 0) is 49.6 Å². The third-order valence-electron chi connectivity index (χ3n) is 4.81. The predicted molar refractivity (Wildman–Crippen MR) is 106 cm³/mol. The third-order valence-corrected chi connectivity index (χ3v) is 5.94. The monoisotopic (exact) mass is 400 g/mol. The van der Waals surface area contributed by atoms with Crippen molar-refractivity contribution in [1.29, 1.82) is 5.26 Å². The van der Waals surface area contributed by atoms with Crippen LogP contribution < -0.4 is 21.6 Å². The second-order valence-electron chi connectivity index (χ2n) is 6.85. The zero-order chi connectivity index (χ0) is 20.3. The zero-order valence-electron chi connectivity index (χ0n) is 15.4. The van der Waals surface area contributed by atoms with Gasteiger partial charge in [0.25, 0.3) is 11.4 Å². The fourth-order valence-electron chi connectivity index (χ4n) is 3.36. The van der Waals surface area contributed by atoms with Gasteiger partial charge in [-0.15, -0.1) is 0 Å². The molecule has 0 amide bonds. The molecule has 1 heterocycles. The summed E-state index contributed by atoms with van der Waals surface area (Å²) in [7, 11) is -3.29. The van der Waals surface area contributed by atoms with Crippen LogP contribution >= 0.6 is 0 Å². The molecule has 146 valence electrons. The Morgan fingerprint density at radius 3 is 2.64 bits per heavy atom. The quantitative estimate of drug-likeness (QED) is 0.411. The molecule has 0 saturated heterocycles. The fraction of sp³-hybridized carbons (Fsp3) is 0.316. The largest absolute Gasteiger partial charge is 0.380 e. The highest BCUT2D eigenvalue weighted by molar-refractivity contribution is 7.90. The first-order valence-corrected chi connectivity index (χ1v) is 10.8. The standard InChI is InChI=1S/C19H21N5O3S/c1-28(26,27)14-7-5-13(6-8-14)23-18(21)17-16(9-10-22-19(17)25)24-15-4-2-3-12(15)11-20/h5-10,12,15H,2-4H2,1H3,(H2,21,23)(H2,22,24,25)/p+1/t12-,15?/m0/s1. The Balaban J connectivity index is 1.93. The van der Waals surface area contributed by atoms with E-state index in [1.807, 2.05) is 0 Å². The van der Waals surface area contributed by atoms with Gasteiger partial charge in [-0.1, -0.05) is 0 Å². The molecule has 1 unspecified atom stereocenters. The molecular formula is C19H22N5O3S+. The van der Waals surface area contributed by atoms with Crippen molar-refractivity contribution in [2.24, 2.45) is 11.7 Å². The normalized spacial score (nSPS) is 19.9. The summed E-state index contributed by atoms with van der Waals surface area (Å²) in [5.74, 6) is 0.0211. The number of hydrogen-bond donors (Lipinski definition) is 4. The number of nitriles is 1. The molecular weight excluding hydrogens is 378 g/mol. The molecule has 0 radical (unpaired) electrons. The van der Waals surface area contributed by atoms with E-state index in [-0.39, 0.29) is 33.8 Å². The highest BCUT2D eigenvalue weighted by Crippen LogP contribution is 2.28. The van der Waals surface area contributed by atoms with Crippen LogP contribution in [0.5, 0.6) is 0 Å².